The fraction of sp³-hybridized carbons (Fsp3) is 0.235. The molecule has 0 aliphatic carbocycles. The molecule has 1 aromatic carbocycles. The highest BCUT2D eigenvalue weighted by atomic mass is 35.5. The molecule has 4 rings (SSSR count). The van der Waals surface area contributed by atoms with Crippen LogP contribution in [-0.4, -0.2) is 29.0 Å². The van der Waals surface area contributed by atoms with Crippen LogP contribution in [-0.2, 0) is 4.79 Å². The second kappa shape index (κ2) is 5.66. The largest absolute Gasteiger partial charge is 0.341 e. The molecular weight excluding hydrogens is 312 g/mol. The van der Waals surface area contributed by atoms with Crippen LogP contribution in [0.1, 0.15) is 24.0 Å². The number of amides is 1. The van der Waals surface area contributed by atoms with E-state index in [9.17, 15) is 4.79 Å². The van der Waals surface area contributed by atoms with E-state index in [1.165, 1.54) is 12.8 Å². The SMILES string of the molecule is O=C1Nc2cc(Cl)ccc2/C1=C/c1cnc(N2CCCC2)nc1. The Bertz CT molecular complexity index is 795. The fourth-order valence-electron chi connectivity index (χ4n) is 2.96. The summed E-state index contributed by atoms with van der Waals surface area (Å²) < 4.78 is 0. The van der Waals surface area contributed by atoms with Gasteiger partial charge in [-0.05, 0) is 31.1 Å². The molecule has 1 N–H and O–H groups in total. The van der Waals surface area contributed by atoms with E-state index >= 15 is 0 Å². The van der Waals surface area contributed by atoms with Gasteiger partial charge in [-0.1, -0.05) is 17.7 Å². The van der Waals surface area contributed by atoms with Crippen LogP contribution in [0, 0.1) is 0 Å². The van der Waals surface area contributed by atoms with E-state index in [1.54, 1.807) is 24.5 Å². The smallest absolute Gasteiger partial charge is 0.256 e. The number of hydrogen-bond acceptors (Lipinski definition) is 4. The van der Waals surface area contributed by atoms with Gasteiger partial charge in [0, 0.05) is 47.2 Å². The summed E-state index contributed by atoms with van der Waals surface area (Å²) in [5, 5.41) is 3.42. The van der Waals surface area contributed by atoms with Crippen molar-refractivity contribution in [3.05, 3.63) is 46.7 Å². The summed E-state index contributed by atoms with van der Waals surface area (Å²) in [6.45, 7) is 2.02. The highest BCUT2D eigenvalue weighted by Crippen LogP contribution is 2.34. The Labute approximate surface area is 139 Å². The summed E-state index contributed by atoms with van der Waals surface area (Å²) in [6.07, 6.45) is 7.70. The number of halogens is 1. The molecule has 23 heavy (non-hydrogen) atoms. The minimum atomic E-state index is -0.133. The minimum Gasteiger partial charge on any atom is -0.341 e. The van der Waals surface area contributed by atoms with E-state index in [2.05, 4.69) is 20.2 Å². The third-order valence-electron chi connectivity index (χ3n) is 4.12. The van der Waals surface area contributed by atoms with Crippen molar-refractivity contribution in [2.45, 2.75) is 12.8 Å². The van der Waals surface area contributed by atoms with Crippen LogP contribution in [0.4, 0.5) is 11.6 Å². The number of carbonyl (C=O) groups excluding carboxylic acids is 1. The standard InChI is InChI=1S/C17H15ClN4O/c18-12-3-4-13-14(16(23)21-15(13)8-12)7-11-9-19-17(20-10-11)22-5-1-2-6-22/h3-4,7-10H,1-2,5-6H2,(H,21,23)/b14-7-. The highest BCUT2D eigenvalue weighted by molar-refractivity contribution is 6.36. The van der Waals surface area contributed by atoms with Gasteiger partial charge >= 0.3 is 0 Å². The second-order valence-electron chi connectivity index (χ2n) is 5.71. The summed E-state index contributed by atoms with van der Waals surface area (Å²) in [7, 11) is 0. The van der Waals surface area contributed by atoms with Gasteiger partial charge in [0.2, 0.25) is 5.95 Å². The lowest BCUT2D eigenvalue weighted by atomic mass is 10.1. The average Bonchev–Trinajstić information content (AvgIpc) is 3.17. The van der Waals surface area contributed by atoms with Gasteiger partial charge in [-0.15, -0.1) is 0 Å². The summed E-state index contributed by atoms with van der Waals surface area (Å²) >= 11 is 5.96. The Kier molecular flexibility index (Phi) is 3.50. The molecule has 5 nitrogen and oxygen atoms in total. The second-order valence-corrected chi connectivity index (χ2v) is 6.15. The van der Waals surface area contributed by atoms with Crippen molar-refractivity contribution in [3.63, 3.8) is 0 Å². The van der Waals surface area contributed by atoms with Crippen molar-refractivity contribution in [3.8, 4) is 0 Å². The number of carbonyl (C=O) groups is 1. The molecule has 0 spiro atoms. The summed E-state index contributed by atoms with van der Waals surface area (Å²) in [6, 6.07) is 5.38. The first-order valence-corrected chi connectivity index (χ1v) is 7.98. The molecule has 0 radical (unpaired) electrons. The van der Waals surface area contributed by atoms with Gasteiger partial charge < -0.3 is 10.2 Å². The first-order chi connectivity index (χ1) is 11.2. The van der Waals surface area contributed by atoms with Crippen molar-refractivity contribution in [2.24, 2.45) is 0 Å². The third-order valence-corrected chi connectivity index (χ3v) is 4.36. The van der Waals surface area contributed by atoms with E-state index in [1.807, 2.05) is 12.1 Å². The molecule has 1 aromatic heterocycles. The van der Waals surface area contributed by atoms with E-state index in [-0.39, 0.29) is 5.91 Å². The molecule has 0 atom stereocenters. The average molecular weight is 327 g/mol. The molecule has 6 heteroatoms. The Balaban J connectivity index is 1.64. The maximum Gasteiger partial charge on any atom is 0.256 e. The Morgan fingerprint density at radius 3 is 2.65 bits per heavy atom. The van der Waals surface area contributed by atoms with Crippen LogP contribution in [0.2, 0.25) is 5.02 Å². The number of rotatable bonds is 2. The van der Waals surface area contributed by atoms with E-state index in [4.69, 9.17) is 11.6 Å². The number of nitrogens with zero attached hydrogens (tertiary/aromatic N) is 3. The first-order valence-electron chi connectivity index (χ1n) is 7.61. The molecule has 0 unspecified atom stereocenters. The van der Waals surface area contributed by atoms with Crippen LogP contribution in [0.5, 0.6) is 0 Å². The van der Waals surface area contributed by atoms with Crippen molar-refractivity contribution < 1.29 is 4.79 Å². The molecule has 2 aliphatic rings. The number of benzene rings is 1. The van der Waals surface area contributed by atoms with Gasteiger partial charge in [-0.2, -0.15) is 0 Å². The maximum absolute atomic E-state index is 12.2. The molecule has 1 saturated heterocycles. The van der Waals surface area contributed by atoms with Gasteiger partial charge in [0.1, 0.15) is 0 Å². The lowest BCUT2D eigenvalue weighted by Crippen LogP contribution is -2.20. The molecule has 2 aliphatic heterocycles. The number of aromatic nitrogens is 2. The molecule has 1 amide bonds. The third kappa shape index (κ3) is 2.68. The van der Waals surface area contributed by atoms with Gasteiger partial charge in [-0.3, -0.25) is 4.79 Å². The maximum atomic E-state index is 12.2. The van der Waals surface area contributed by atoms with Gasteiger partial charge in [-0.25, -0.2) is 9.97 Å². The number of fused-ring (bicyclic) bond motifs is 1. The van der Waals surface area contributed by atoms with Crippen LogP contribution in [0.25, 0.3) is 11.6 Å². The number of nitrogens with one attached hydrogen (secondary N) is 1. The fourth-order valence-corrected chi connectivity index (χ4v) is 3.13. The molecule has 0 saturated carbocycles. The Morgan fingerprint density at radius 2 is 1.91 bits per heavy atom. The van der Waals surface area contributed by atoms with Crippen LogP contribution in [0.15, 0.2) is 30.6 Å². The topological polar surface area (TPSA) is 58.1 Å². The van der Waals surface area contributed by atoms with E-state index in [0.717, 1.165) is 35.9 Å². The molecule has 0 bridgehead atoms. The highest BCUT2D eigenvalue weighted by Gasteiger charge is 2.24. The van der Waals surface area contributed by atoms with Gasteiger partial charge in [0.25, 0.3) is 5.91 Å². The Morgan fingerprint density at radius 1 is 1.17 bits per heavy atom. The summed E-state index contributed by atoms with van der Waals surface area (Å²) in [4.78, 5) is 23.2. The number of hydrogen-bond donors (Lipinski definition) is 1. The van der Waals surface area contributed by atoms with Gasteiger partial charge in [0.15, 0.2) is 0 Å². The minimum absolute atomic E-state index is 0.133. The lowest BCUT2D eigenvalue weighted by molar-refractivity contribution is -0.110. The summed E-state index contributed by atoms with van der Waals surface area (Å²) in [5.41, 5.74) is 3.00. The van der Waals surface area contributed by atoms with Crippen LogP contribution >= 0.6 is 11.6 Å². The molecule has 2 aromatic rings. The number of anilines is 2. The lowest BCUT2D eigenvalue weighted by Gasteiger charge is -2.14. The van der Waals surface area contributed by atoms with Crippen LogP contribution in [0.3, 0.4) is 0 Å². The van der Waals surface area contributed by atoms with Crippen molar-refractivity contribution in [1.82, 2.24) is 9.97 Å². The van der Waals surface area contributed by atoms with E-state index in [0.29, 0.717) is 10.6 Å². The molecule has 116 valence electrons. The predicted molar refractivity (Wildman–Crippen MR) is 91.4 cm³/mol. The zero-order valence-corrected chi connectivity index (χ0v) is 13.2. The monoisotopic (exact) mass is 326 g/mol. The summed E-state index contributed by atoms with van der Waals surface area (Å²) in [5.74, 6) is 0.624. The van der Waals surface area contributed by atoms with Crippen LogP contribution < -0.4 is 10.2 Å². The zero-order chi connectivity index (χ0) is 15.8. The first kappa shape index (κ1) is 14.2. The van der Waals surface area contributed by atoms with E-state index < -0.39 is 0 Å². The van der Waals surface area contributed by atoms with Gasteiger partial charge in [0.05, 0.1) is 5.69 Å². The predicted octanol–water partition coefficient (Wildman–Crippen LogP) is 3.22. The zero-order valence-electron chi connectivity index (χ0n) is 12.4. The van der Waals surface area contributed by atoms with Crippen molar-refractivity contribution >= 4 is 40.8 Å². The van der Waals surface area contributed by atoms with Crippen molar-refractivity contribution in [1.29, 1.82) is 0 Å². The molecular formula is C17H15ClN4O. The van der Waals surface area contributed by atoms with Crippen molar-refractivity contribution in [2.75, 3.05) is 23.3 Å². The molecule has 1 fully saturated rings. The molecule has 3 heterocycles. The normalized spacial score (nSPS) is 18.4. The quantitative estimate of drug-likeness (QED) is 0.861. The Hall–Kier alpha value is -2.40.